The Morgan fingerprint density at radius 3 is 2.50 bits per heavy atom. The van der Waals surface area contributed by atoms with Crippen molar-refractivity contribution in [1.82, 2.24) is 14.5 Å². The van der Waals surface area contributed by atoms with Crippen molar-refractivity contribution in [2.45, 2.75) is 25.3 Å². The number of para-hydroxylation sites is 1. The van der Waals surface area contributed by atoms with E-state index in [0.717, 1.165) is 17.3 Å². The molecule has 1 heterocycles. The SMILES string of the molecule is Cc1nn(C)c(C)c1CNS(=O)(=O)c1ccccc1[N+](=O)[O-]. The van der Waals surface area contributed by atoms with Gasteiger partial charge < -0.3 is 0 Å². The van der Waals surface area contributed by atoms with E-state index in [1.807, 2.05) is 6.92 Å². The lowest BCUT2D eigenvalue weighted by molar-refractivity contribution is -0.387. The average Bonchev–Trinajstić information content (AvgIpc) is 2.70. The summed E-state index contributed by atoms with van der Waals surface area (Å²) in [5.41, 5.74) is 1.85. The van der Waals surface area contributed by atoms with Crippen molar-refractivity contribution in [3.05, 3.63) is 51.3 Å². The lowest BCUT2D eigenvalue weighted by Gasteiger charge is -2.07. The first-order valence-corrected chi connectivity index (χ1v) is 7.94. The highest BCUT2D eigenvalue weighted by Gasteiger charge is 2.25. The molecule has 0 aliphatic heterocycles. The minimum Gasteiger partial charge on any atom is -0.272 e. The Kier molecular flexibility index (Phi) is 4.29. The minimum absolute atomic E-state index is 0.0277. The zero-order valence-electron chi connectivity index (χ0n) is 12.4. The quantitative estimate of drug-likeness (QED) is 0.661. The van der Waals surface area contributed by atoms with E-state index in [-0.39, 0.29) is 11.4 Å². The summed E-state index contributed by atoms with van der Waals surface area (Å²) in [6, 6.07) is 5.24. The molecule has 1 aromatic heterocycles. The van der Waals surface area contributed by atoms with Crippen LogP contribution in [0, 0.1) is 24.0 Å². The van der Waals surface area contributed by atoms with Crippen molar-refractivity contribution >= 4 is 15.7 Å². The van der Waals surface area contributed by atoms with Crippen LogP contribution >= 0.6 is 0 Å². The van der Waals surface area contributed by atoms with E-state index in [0.29, 0.717) is 5.69 Å². The van der Waals surface area contributed by atoms with Gasteiger partial charge in [0.05, 0.1) is 10.6 Å². The fourth-order valence-corrected chi connectivity index (χ4v) is 3.32. The first-order valence-electron chi connectivity index (χ1n) is 6.46. The van der Waals surface area contributed by atoms with Crippen molar-refractivity contribution in [3.63, 3.8) is 0 Å². The zero-order chi connectivity index (χ0) is 16.5. The first-order chi connectivity index (χ1) is 10.2. The van der Waals surface area contributed by atoms with E-state index >= 15 is 0 Å². The lowest BCUT2D eigenvalue weighted by atomic mass is 10.2. The van der Waals surface area contributed by atoms with Crippen LogP contribution in [0.3, 0.4) is 0 Å². The number of hydrogen-bond acceptors (Lipinski definition) is 5. The van der Waals surface area contributed by atoms with Gasteiger partial charge >= 0.3 is 0 Å². The molecular weight excluding hydrogens is 308 g/mol. The molecule has 1 aromatic carbocycles. The van der Waals surface area contributed by atoms with Crippen LogP contribution < -0.4 is 4.72 Å². The van der Waals surface area contributed by atoms with Crippen LogP contribution in [-0.4, -0.2) is 23.1 Å². The Bertz CT molecular complexity index is 827. The smallest absolute Gasteiger partial charge is 0.272 e. The molecule has 8 nitrogen and oxygen atoms in total. The van der Waals surface area contributed by atoms with Gasteiger partial charge in [-0.2, -0.15) is 5.10 Å². The molecular formula is C13H16N4O4S. The van der Waals surface area contributed by atoms with E-state index in [1.54, 1.807) is 18.7 Å². The maximum atomic E-state index is 12.3. The molecule has 22 heavy (non-hydrogen) atoms. The van der Waals surface area contributed by atoms with Gasteiger partial charge in [0.1, 0.15) is 0 Å². The lowest BCUT2D eigenvalue weighted by Crippen LogP contribution is -2.24. The van der Waals surface area contributed by atoms with Gasteiger partial charge in [-0.3, -0.25) is 14.8 Å². The van der Waals surface area contributed by atoms with Crippen molar-refractivity contribution in [3.8, 4) is 0 Å². The van der Waals surface area contributed by atoms with E-state index < -0.39 is 20.6 Å². The molecule has 1 N–H and O–H groups in total. The highest BCUT2D eigenvalue weighted by atomic mass is 32.2. The Labute approximate surface area is 128 Å². The van der Waals surface area contributed by atoms with Gasteiger partial charge in [-0.25, -0.2) is 13.1 Å². The molecule has 0 saturated heterocycles. The summed E-state index contributed by atoms with van der Waals surface area (Å²) in [5.74, 6) is 0. The number of nitrogens with zero attached hydrogens (tertiary/aromatic N) is 3. The number of aryl methyl sites for hydroxylation is 2. The first kappa shape index (κ1) is 16.1. The van der Waals surface area contributed by atoms with Crippen LogP contribution in [-0.2, 0) is 23.6 Å². The van der Waals surface area contributed by atoms with Crippen LogP contribution in [0.4, 0.5) is 5.69 Å². The molecule has 0 amide bonds. The Hall–Kier alpha value is -2.26. The van der Waals surface area contributed by atoms with E-state index in [4.69, 9.17) is 0 Å². The molecule has 0 unspecified atom stereocenters. The monoisotopic (exact) mass is 324 g/mol. The third-order valence-electron chi connectivity index (χ3n) is 3.45. The predicted octanol–water partition coefficient (Wildman–Crippen LogP) is 1.42. The van der Waals surface area contributed by atoms with Gasteiger partial charge in [0.2, 0.25) is 10.0 Å². The third-order valence-corrected chi connectivity index (χ3v) is 4.90. The average molecular weight is 324 g/mol. The molecule has 0 saturated carbocycles. The van der Waals surface area contributed by atoms with Gasteiger partial charge in [-0.1, -0.05) is 12.1 Å². The van der Waals surface area contributed by atoms with Crippen molar-refractivity contribution in [2.24, 2.45) is 7.05 Å². The number of sulfonamides is 1. The molecule has 118 valence electrons. The van der Waals surface area contributed by atoms with Gasteiger partial charge in [-0.05, 0) is 19.9 Å². The summed E-state index contributed by atoms with van der Waals surface area (Å²) in [7, 11) is -2.22. The zero-order valence-corrected chi connectivity index (χ0v) is 13.2. The molecule has 0 aliphatic carbocycles. The fraction of sp³-hybridized carbons (Fsp3) is 0.308. The standard InChI is InChI=1S/C13H16N4O4S/c1-9-11(10(2)16(3)15-9)8-14-22(20,21)13-7-5-4-6-12(13)17(18)19/h4-7,14H,8H2,1-3H3. The molecule has 0 bridgehead atoms. The summed E-state index contributed by atoms with van der Waals surface area (Å²) < 4.78 is 28.7. The number of benzene rings is 1. The summed E-state index contributed by atoms with van der Waals surface area (Å²) >= 11 is 0. The topological polar surface area (TPSA) is 107 Å². The van der Waals surface area contributed by atoms with Crippen LogP contribution in [0.2, 0.25) is 0 Å². The molecule has 0 fully saturated rings. The number of nitro benzene ring substituents is 1. The maximum Gasteiger partial charge on any atom is 0.289 e. The molecule has 2 rings (SSSR count). The van der Waals surface area contributed by atoms with Gasteiger partial charge in [0.15, 0.2) is 4.90 Å². The van der Waals surface area contributed by atoms with E-state index in [9.17, 15) is 18.5 Å². The van der Waals surface area contributed by atoms with Crippen molar-refractivity contribution < 1.29 is 13.3 Å². The molecule has 0 atom stereocenters. The molecule has 0 radical (unpaired) electrons. The number of aromatic nitrogens is 2. The van der Waals surface area contributed by atoms with Crippen LogP contribution in [0.5, 0.6) is 0 Å². The van der Waals surface area contributed by atoms with Crippen LogP contribution in [0.1, 0.15) is 17.0 Å². The second-order valence-corrected chi connectivity index (χ2v) is 6.56. The highest BCUT2D eigenvalue weighted by molar-refractivity contribution is 7.89. The normalized spacial score (nSPS) is 11.6. The highest BCUT2D eigenvalue weighted by Crippen LogP contribution is 2.23. The summed E-state index contributed by atoms with van der Waals surface area (Å²) in [6.07, 6.45) is 0. The molecule has 2 aromatic rings. The number of nitro groups is 1. The van der Waals surface area contributed by atoms with Gasteiger partial charge in [-0.15, -0.1) is 0 Å². The van der Waals surface area contributed by atoms with Crippen molar-refractivity contribution in [2.75, 3.05) is 0 Å². The van der Waals surface area contributed by atoms with E-state index in [1.165, 1.54) is 18.2 Å². The second kappa shape index (κ2) is 5.85. The summed E-state index contributed by atoms with van der Waals surface area (Å²) in [4.78, 5) is 9.89. The Balaban J connectivity index is 2.31. The third kappa shape index (κ3) is 3.00. The van der Waals surface area contributed by atoms with Crippen LogP contribution in [0.15, 0.2) is 29.2 Å². The fourth-order valence-electron chi connectivity index (χ4n) is 2.15. The largest absolute Gasteiger partial charge is 0.289 e. The maximum absolute atomic E-state index is 12.3. The second-order valence-electron chi connectivity index (χ2n) is 4.82. The Morgan fingerprint density at radius 1 is 1.32 bits per heavy atom. The van der Waals surface area contributed by atoms with Gasteiger partial charge in [0.25, 0.3) is 5.69 Å². The number of rotatable bonds is 5. The predicted molar refractivity (Wildman–Crippen MR) is 79.8 cm³/mol. The van der Waals surface area contributed by atoms with E-state index in [2.05, 4.69) is 9.82 Å². The van der Waals surface area contributed by atoms with Gasteiger partial charge in [0, 0.05) is 30.9 Å². The minimum atomic E-state index is -3.99. The molecule has 9 heteroatoms. The Morgan fingerprint density at radius 2 is 1.95 bits per heavy atom. The summed E-state index contributed by atoms with van der Waals surface area (Å²) in [5, 5.41) is 15.2. The number of nitrogens with one attached hydrogen (secondary N) is 1. The summed E-state index contributed by atoms with van der Waals surface area (Å²) in [6.45, 7) is 3.64. The van der Waals surface area contributed by atoms with Crippen molar-refractivity contribution in [1.29, 1.82) is 0 Å². The number of hydrogen-bond donors (Lipinski definition) is 1. The molecule has 0 spiro atoms. The van der Waals surface area contributed by atoms with Crippen LogP contribution in [0.25, 0.3) is 0 Å². The molecule has 0 aliphatic rings.